The van der Waals surface area contributed by atoms with Crippen LogP contribution < -0.4 is 10.1 Å². The van der Waals surface area contributed by atoms with E-state index in [-0.39, 0.29) is 5.69 Å². The molecule has 22 heavy (non-hydrogen) atoms. The highest BCUT2D eigenvalue weighted by atomic mass is 35.5. The summed E-state index contributed by atoms with van der Waals surface area (Å²) in [6.45, 7) is 0. The third-order valence-electron chi connectivity index (χ3n) is 3.93. The standard InChI is InChI=1S/C16H11ClN2O3/c17-13-2-1-3-15-12(13)6-7-16(22-15)9-10-4-5-11(19(20)21)8-14(10)18-16/h1-8,18H,9H2. The molecule has 0 saturated heterocycles. The van der Waals surface area contributed by atoms with Gasteiger partial charge in [0, 0.05) is 29.8 Å². The van der Waals surface area contributed by atoms with Crippen LogP contribution in [0.25, 0.3) is 6.08 Å². The zero-order valence-electron chi connectivity index (χ0n) is 11.4. The number of nitro benzene ring substituents is 1. The normalized spacial score (nSPS) is 21.0. The number of ether oxygens (including phenoxy) is 1. The molecule has 0 saturated carbocycles. The number of hydrogen-bond donors (Lipinski definition) is 1. The van der Waals surface area contributed by atoms with Gasteiger partial charge in [-0.1, -0.05) is 17.7 Å². The Balaban J connectivity index is 1.71. The SMILES string of the molecule is O=[N+]([O-])c1ccc2c(c1)NC1(C=Cc3c(Cl)cccc3O1)C2. The smallest absolute Gasteiger partial charge is 0.271 e. The zero-order valence-corrected chi connectivity index (χ0v) is 12.1. The first kappa shape index (κ1) is 13.2. The monoisotopic (exact) mass is 314 g/mol. The van der Waals surface area contributed by atoms with Crippen LogP contribution in [0, 0.1) is 10.1 Å². The summed E-state index contributed by atoms with van der Waals surface area (Å²) in [5.41, 5.74) is 1.91. The molecule has 0 bridgehead atoms. The van der Waals surface area contributed by atoms with Crippen LogP contribution >= 0.6 is 11.6 Å². The minimum atomic E-state index is -0.713. The van der Waals surface area contributed by atoms with E-state index in [4.69, 9.17) is 16.3 Å². The van der Waals surface area contributed by atoms with Crippen LogP contribution in [-0.2, 0) is 6.42 Å². The van der Waals surface area contributed by atoms with E-state index in [0.717, 1.165) is 16.8 Å². The summed E-state index contributed by atoms with van der Waals surface area (Å²) >= 11 is 6.16. The van der Waals surface area contributed by atoms with Crippen molar-refractivity contribution in [3.05, 3.63) is 68.7 Å². The second-order valence-electron chi connectivity index (χ2n) is 5.38. The number of nitrogens with one attached hydrogen (secondary N) is 1. The molecule has 2 heterocycles. The number of anilines is 1. The number of nitro groups is 1. The molecule has 110 valence electrons. The number of halogens is 1. The molecule has 0 aromatic heterocycles. The number of hydrogen-bond acceptors (Lipinski definition) is 4. The number of benzene rings is 2. The third-order valence-corrected chi connectivity index (χ3v) is 4.26. The van der Waals surface area contributed by atoms with E-state index >= 15 is 0 Å². The number of fused-ring (bicyclic) bond motifs is 2. The van der Waals surface area contributed by atoms with Gasteiger partial charge in [-0.05, 0) is 35.9 Å². The predicted octanol–water partition coefficient (Wildman–Crippen LogP) is 4.02. The highest BCUT2D eigenvalue weighted by molar-refractivity contribution is 6.32. The van der Waals surface area contributed by atoms with E-state index in [2.05, 4.69) is 5.32 Å². The Morgan fingerprint density at radius 2 is 2.18 bits per heavy atom. The van der Waals surface area contributed by atoms with E-state index in [1.165, 1.54) is 12.1 Å². The minimum Gasteiger partial charge on any atom is -0.464 e. The predicted molar refractivity (Wildman–Crippen MR) is 84.3 cm³/mol. The van der Waals surface area contributed by atoms with Crippen LogP contribution in [0.4, 0.5) is 11.4 Å². The average molecular weight is 315 g/mol. The molecule has 2 aliphatic heterocycles. The molecule has 1 N–H and O–H groups in total. The van der Waals surface area contributed by atoms with Gasteiger partial charge in [-0.25, -0.2) is 0 Å². The summed E-state index contributed by atoms with van der Waals surface area (Å²) in [5, 5.41) is 14.8. The van der Waals surface area contributed by atoms with Crippen LogP contribution in [0.2, 0.25) is 5.02 Å². The van der Waals surface area contributed by atoms with E-state index < -0.39 is 10.6 Å². The molecular formula is C16H11ClN2O3. The Labute approximate surface area is 131 Å². The minimum absolute atomic E-state index is 0.0616. The molecule has 1 unspecified atom stereocenters. The van der Waals surface area contributed by atoms with Gasteiger partial charge in [-0.3, -0.25) is 10.1 Å². The van der Waals surface area contributed by atoms with Crippen molar-refractivity contribution in [1.29, 1.82) is 0 Å². The summed E-state index contributed by atoms with van der Waals surface area (Å²) in [4.78, 5) is 10.5. The van der Waals surface area contributed by atoms with Gasteiger partial charge in [-0.2, -0.15) is 0 Å². The molecule has 6 heteroatoms. The molecule has 2 aliphatic rings. The van der Waals surface area contributed by atoms with Crippen molar-refractivity contribution >= 4 is 29.1 Å². The molecular weight excluding hydrogens is 304 g/mol. The molecule has 1 atom stereocenters. The Hall–Kier alpha value is -2.53. The van der Waals surface area contributed by atoms with E-state index in [0.29, 0.717) is 17.2 Å². The van der Waals surface area contributed by atoms with Crippen molar-refractivity contribution in [2.45, 2.75) is 12.1 Å². The molecule has 0 fully saturated rings. The van der Waals surface area contributed by atoms with Crippen LogP contribution in [0.1, 0.15) is 11.1 Å². The van der Waals surface area contributed by atoms with Gasteiger partial charge < -0.3 is 10.1 Å². The molecule has 1 spiro atoms. The molecule has 2 aromatic rings. The Morgan fingerprint density at radius 3 is 3.00 bits per heavy atom. The number of non-ortho nitro benzene ring substituents is 1. The lowest BCUT2D eigenvalue weighted by atomic mass is 10.0. The zero-order chi connectivity index (χ0) is 15.3. The van der Waals surface area contributed by atoms with E-state index in [1.807, 2.05) is 30.4 Å². The van der Waals surface area contributed by atoms with Gasteiger partial charge in [0.05, 0.1) is 9.95 Å². The number of nitrogens with zero attached hydrogens (tertiary/aromatic N) is 1. The maximum Gasteiger partial charge on any atom is 0.271 e. The largest absolute Gasteiger partial charge is 0.464 e. The summed E-state index contributed by atoms with van der Waals surface area (Å²) in [7, 11) is 0. The lowest BCUT2D eigenvalue weighted by molar-refractivity contribution is -0.384. The molecule has 4 rings (SSSR count). The fourth-order valence-electron chi connectivity index (χ4n) is 2.88. The van der Waals surface area contributed by atoms with Gasteiger partial charge >= 0.3 is 0 Å². The fourth-order valence-corrected chi connectivity index (χ4v) is 3.11. The van der Waals surface area contributed by atoms with Crippen LogP contribution in [-0.4, -0.2) is 10.6 Å². The highest BCUT2D eigenvalue weighted by Crippen LogP contribution is 2.42. The third kappa shape index (κ3) is 1.94. The van der Waals surface area contributed by atoms with Crippen molar-refractivity contribution in [1.82, 2.24) is 0 Å². The first-order valence-electron chi connectivity index (χ1n) is 6.79. The van der Waals surface area contributed by atoms with Gasteiger partial charge in [0.25, 0.3) is 5.69 Å². The van der Waals surface area contributed by atoms with Crippen LogP contribution in [0.3, 0.4) is 0 Å². The molecule has 2 aromatic carbocycles. The van der Waals surface area contributed by atoms with Crippen molar-refractivity contribution in [3.63, 3.8) is 0 Å². The van der Waals surface area contributed by atoms with Crippen LogP contribution in [0.5, 0.6) is 5.75 Å². The van der Waals surface area contributed by atoms with Crippen molar-refractivity contribution < 1.29 is 9.66 Å². The molecule has 5 nitrogen and oxygen atoms in total. The summed E-state index contributed by atoms with van der Waals surface area (Å²) in [6, 6.07) is 10.3. The molecule has 0 amide bonds. The maximum absolute atomic E-state index is 10.9. The number of rotatable bonds is 1. The van der Waals surface area contributed by atoms with Crippen molar-refractivity contribution in [2.24, 2.45) is 0 Å². The van der Waals surface area contributed by atoms with Crippen LogP contribution in [0.15, 0.2) is 42.5 Å². The summed E-state index contributed by atoms with van der Waals surface area (Å²) in [6.07, 6.45) is 4.43. The fraction of sp³-hybridized carbons (Fsp3) is 0.125. The summed E-state index contributed by atoms with van der Waals surface area (Å²) < 4.78 is 6.09. The highest BCUT2D eigenvalue weighted by Gasteiger charge is 2.39. The molecule has 0 aliphatic carbocycles. The second kappa shape index (κ2) is 4.48. The van der Waals surface area contributed by atoms with Crippen molar-refractivity contribution in [2.75, 3.05) is 5.32 Å². The Bertz CT molecular complexity index is 834. The second-order valence-corrected chi connectivity index (χ2v) is 5.78. The first-order chi connectivity index (χ1) is 10.6. The first-order valence-corrected chi connectivity index (χ1v) is 7.16. The van der Waals surface area contributed by atoms with Gasteiger partial charge in [0.15, 0.2) is 0 Å². The van der Waals surface area contributed by atoms with Gasteiger partial charge in [0.1, 0.15) is 5.75 Å². The Kier molecular flexibility index (Phi) is 2.68. The average Bonchev–Trinajstić information content (AvgIpc) is 2.83. The van der Waals surface area contributed by atoms with Gasteiger partial charge in [0.2, 0.25) is 5.72 Å². The Morgan fingerprint density at radius 1 is 1.32 bits per heavy atom. The van der Waals surface area contributed by atoms with Gasteiger partial charge in [-0.15, -0.1) is 0 Å². The lowest BCUT2D eigenvalue weighted by Crippen LogP contribution is -2.41. The van der Waals surface area contributed by atoms with Crippen molar-refractivity contribution in [3.8, 4) is 5.75 Å². The van der Waals surface area contributed by atoms with E-state index in [1.54, 1.807) is 6.07 Å². The summed E-state index contributed by atoms with van der Waals surface area (Å²) in [5.74, 6) is 0.699. The quantitative estimate of drug-likeness (QED) is 0.638. The topological polar surface area (TPSA) is 64.4 Å². The van der Waals surface area contributed by atoms with E-state index in [9.17, 15) is 10.1 Å². The maximum atomic E-state index is 10.9. The molecule has 0 radical (unpaired) electrons. The lowest BCUT2D eigenvalue weighted by Gasteiger charge is -2.32.